The Morgan fingerprint density at radius 3 is 2.56 bits per heavy atom. The van der Waals surface area contributed by atoms with Crippen LogP contribution in [0.4, 0.5) is 0 Å². The number of rotatable bonds is 1. The molecule has 1 heterocycles. The van der Waals surface area contributed by atoms with Crippen molar-refractivity contribution < 1.29 is 4.74 Å². The Kier molecular flexibility index (Phi) is 2.27. The summed E-state index contributed by atoms with van der Waals surface area (Å²) in [6.45, 7) is 0. The van der Waals surface area contributed by atoms with Crippen molar-refractivity contribution in [3.05, 3.63) is 12.4 Å². The fourth-order valence-corrected chi connectivity index (χ4v) is 1.97. The van der Waals surface area contributed by atoms with E-state index in [2.05, 4.69) is 9.97 Å². The molecule has 4 heteroatoms. The first-order valence-electron chi connectivity index (χ1n) is 2.66. The van der Waals surface area contributed by atoms with Gasteiger partial charge in [-0.15, -0.1) is 0 Å². The number of ether oxygens (including phenoxy) is 1. The van der Waals surface area contributed by atoms with Gasteiger partial charge in [-0.05, 0) is 0 Å². The summed E-state index contributed by atoms with van der Waals surface area (Å²) in [6, 6.07) is 0. The first-order chi connectivity index (χ1) is 4.34. The van der Waals surface area contributed by atoms with E-state index in [1.807, 2.05) is 0 Å². The van der Waals surface area contributed by atoms with Gasteiger partial charge in [0.1, 0.15) is 0 Å². The number of aromatic nitrogens is 2. The molecule has 0 atom stereocenters. The van der Waals surface area contributed by atoms with Crippen LogP contribution in [0.3, 0.4) is 0 Å². The zero-order valence-electron chi connectivity index (χ0n) is 5.46. The number of hydrogen-bond acceptors (Lipinski definition) is 3. The zero-order valence-corrected chi connectivity index (χ0v) is 11.2. The van der Waals surface area contributed by atoms with E-state index in [-0.39, 0.29) is 0 Å². The topological polar surface area (TPSA) is 35.0 Å². The van der Waals surface area contributed by atoms with Crippen LogP contribution >= 0.6 is 0 Å². The summed E-state index contributed by atoms with van der Waals surface area (Å²) in [5, 5.41) is 0. The second-order valence-electron chi connectivity index (χ2n) is 1.65. The zero-order chi connectivity index (χ0) is 6.69. The van der Waals surface area contributed by atoms with Crippen LogP contribution in [0, 0.1) is 0 Å². The summed E-state index contributed by atoms with van der Waals surface area (Å²) in [5.41, 5.74) is 0. The van der Waals surface area contributed by atoms with Crippen molar-refractivity contribution in [1.82, 2.24) is 9.97 Å². The Morgan fingerprint density at radius 2 is 2.11 bits per heavy atom. The third-order valence-corrected chi connectivity index (χ3v) is 2.99. The van der Waals surface area contributed by atoms with E-state index in [1.165, 1.54) is 0 Å². The molecule has 1 aromatic rings. The van der Waals surface area contributed by atoms with Gasteiger partial charge in [0.25, 0.3) is 0 Å². The molecular weight excluding hydrogens is 223 g/mol. The Morgan fingerprint density at radius 1 is 1.44 bits per heavy atom. The summed E-state index contributed by atoms with van der Waals surface area (Å²) in [7, 11) is 1.61. The van der Waals surface area contributed by atoms with Crippen LogP contribution in [0.2, 0.25) is 0 Å². The molecule has 0 radical (unpaired) electrons. The van der Waals surface area contributed by atoms with E-state index < -0.39 is 0 Å². The Bertz CT molecular complexity index is 204. The molecule has 0 amide bonds. The molecule has 0 aromatic carbocycles. The molecule has 0 aliphatic rings. The van der Waals surface area contributed by atoms with Crippen LogP contribution in [0.1, 0.15) is 0 Å². The van der Waals surface area contributed by atoms with Gasteiger partial charge in [-0.1, -0.05) is 0 Å². The Hall–Kier alpha value is -0.321. The number of nitrogens with zero attached hydrogens (tertiary/aromatic N) is 2. The van der Waals surface area contributed by atoms with E-state index in [1.54, 1.807) is 19.5 Å². The molecule has 0 saturated heterocycles. The van der Waals surface area contributed by atoms with E-state index >= 15 is 0 Å². The Balaban J connectivity index is 3.01. The molecule has 0 aliphatic heterocycles. The normalized spacial score (nSPS) is 9.44. The van der Waals surface area contributed by atoms with Gasteiger partial charge in [0.15, 0.2) is 0 Å². The molecule has 0 unspecified atom stereocenters. The molecule has 9 heavy (non-hydrogen) atoms. The molecule has 0 bridgehead atoms. The van der Waals surface area contributed by atoms with Gasteiger partial charge in [-0.2, -0.15) is 0 Å². The Labute approximate surface area is 66.6 Å². The van der Waals surface area contributed by atoms with Crippen molar-refractivity contribution in [1.29, 1.82) is 0 Å². The van der Waals surface area contributed by atoms with E-state index in [9.17, 15) is 0 Å². The number of methoxy groups -OCH3 is 1. The van der Waals surface area contributed by atoms with Crippen LogP contribution < -0.4 is 8.45 Å². The molecule has 1 aromatic heterocycles. The minimum absolute atomic E-state index is 0.392. The van der Waals surface area contributed by atoms with Crippen molar-refractivity contribution in [2.24, 2.45) is 0 Å². The molecule has 0 spiro atoms. The summed E-state index contributed by atoms with van der Waals surface area (Å²) < 4.78 is 5.95. The van der Waals surface area contributed by atoms with Crippen LogP contribution in [0.5, 0.6) is 5.88 Å². The van der Waals surface area contributed by atoms with Crippen molar-refractivity contribution in [3.63, 3.8) is 0 Å². The first-order valence-corrected chi connectivity index (χ1v) is 5.51. The van der Waals surface area contributed by atoms with Crippen molar-refractivity contribution in [2.45, 2.75) is 0 Å². The van der Waals surface area contributed by atoms with Crippen LogP contribution in [0.25, 0.3) is 0 Å². The molecule has 0 N–H and O–H groups in total. The van der Waals surface area contributed by atoms with Crippen molar-refractivity contribution in [3.8, 4) is 5.88 Å². The van der Waals surface area contributed by atoms with E-state index in [0.717, 1.165) is 3.71 Å². The number of hydrogen-bond donors (Lipinski definition) is 0. The first kappa shape index (κ1) is 6.79. The predicted molar refractivity (Wildman–Crippen MR) is 38.2 cm³/mol. The van der Waals surface area contributed by atoms with Gasteiger partial charge in [-0.3, -0.25) is 0 Å². The average molecular weight is 231 g/mol. The molecular formula is C5H8N2OSn. The maximum atomic E-state index is 4.92. The second-order valence-corrected chi connectivity index (χ2v) is 4.35. The van der Waals surface area contributed by atoms with Gasteiger partial charge >= 0.3 is 66.3 Å². The molecule has 0 saturated carbocycles. The summed E-state index contributed by atoms with van der Waals surface area (Å²) in [4.78, 5) is 8.02. The second kappa shape index (κ2) is 3.00. The standard InChI is InChI=1S/C5H5N2O.Sn.3H/c1-8-5-4-6-2-3-7-5;;;;/h2-3H,1H3;;;;. The van der Waals surface area contributed by atoms with Gasteiger partial charge in [0.05, 0.1) is 0 Å². The predicted octanol–water partition coefficient (Wildman–Crippen LogP) is -1.52. The summed E-state index contributed by atoms with van der Waals surface area (Å²) >= 11 is 0.392. The molecule has 0 fully saturated rings. The van der Waals surface area contributed by atoms with Gasteiger partial charge in [0.2, 0.25) is 0 Å². The molecule has 0 aliphatic carbocycles. The van der Waals surface area contributed by atoms with Crippen LogP contribution in [-0.4, -0.2) is 39.6 Å². The quantitative estimate of drug-likeness (QED) is 0.550. The van der Waals surface area contributed by atoms with Gasteiger partial charge in [0, 0.05) is 0 Å². The summed E-state index contributed by atoms with van der Waals surface area (Å²) in [5.74, 6) is 0.688. The third-order valence-electron chi connectivity index (χ3n) is 1.03. The van der Waals surface area contributed by atoms with Crippen LogP contribution in [0.15, 0.2) is 12.4 Å². The van der Waals surface area contributed by atoms with Crippen molar-refractivity contribution in [2.75, 3.05) is 7.11 Å². The molecule has 3 nitrogen and oxygen atoms in total. The van der Waals surface area contributed by atoms with Crippen molar-refractivity contribution >= 4 is 26.2 Å². The minimum atomic E-state index is 0.392. The maximum absolute atomic E-state index is 4.92. The monoisotopic (exact) mass is 232 g/mol. The van der Waals surface area contributed by atoms with E-state index in [0.29, 0.717) is 28.4 Å². The van der Waals surface area contributed by atoms with E-state index in [4.69, 9.17) is 4.74 Å². The molecule has 1 rings (SSSR count). The van der Waals surface area contributed by atoms with Gasteiger partial charge in [-0.25, -0.2) is 0 Å². The fraction of sp³-hybridized carbons (Fsp3) is 0.200. The third kappa shape index (κ3) is 1.54. The summed E-state index contributed by atoms with van der Waals surface area (Å²) in [6.07, 6.45) is 3.33. The van der Waals surface area contributed by atoms with Crippen LogP contribution in [-0.2, 0) is 0 Å². The van der Waals surface area contributed by atoms with Gasteiger partial charge < -0.3 is 0 Å². The molecule has 48 valence electrons. The fourth-order valence-electron chi connectivity index (χ4n) is 0.595. The average Bonchev–Trinajstić information content (AvgIpc) is 1.89. The SMILES string of the molecule is COc1nccn[c]1[SnH3].